The molecule has 5 heteroatoms. The molecule has 0 spiro atoms. The van der Waals surface area contributed by atoms with Gasteiger partial charge in [-0.3, -0.25) is 0 Å². The van der Waals surface area contributed by atoms with Crippen LogP contribution in [0.15, 0.2) is 17.0 Å². The average molecular weight is 299 g/mol. The third-order valence-electron chi connectivity index (χ3n) is 3.47. The van der Waals surface area contributed by atoms with Gasteiger partial charge < -0.3 is 4.74 Å². The van der Waals surface area contributed by atoms with Gasteiger partial charge in [-0.1, -0.05) is 27.7 Å². The summed E-state index contributed by atoms with van der Waals surface area (Å²) in [6.45, 7) is 10.5. The maximum Gasteiger partial charge on any atom is 0.243 e. The van der Waals surface area contributed by atoms with E-state index in [4.69, 9.17) is 4.74 Å². The molecule has 0 radical (unpaired) electrons. The summed E-state index contributed by atoms with van der Waals surface area (Å²) in [6, 6.07) is 3.57. The summed E-state index contributed by atoms with van der Waals surface area (Å²) in [4.78, 5) is 0.380. The van der Waals surface area contributed by atoms with E-state index in [1.165, 1.54) is 4.31 Å². The molecule has 0 N–H and O–H groups in total. The van der Waals surface area contributed by atoms with Gasteiger partial charge in [0, 0.05) is 13.1 Å². The van der Waals surface area contributed by atoms with Crippen LogP contribution >= 0.6 is 0 Å². The largest absolute Gasteiger partial charge is 0.496 e. The molecular formula is C15H25NO3S. The van der Waals surface area contributed by atoms with E-state index in [9.17, 15) is 8.42 Å². The first-order valence-electron chi connectivity index (χ1n) is 6.98. The highest BCUT2D eigenvalue weighted by Gasteiger charge is 2.25. The second kappa shape index (κ2) is 6.59. The molecule has 0 bridgehead atoms. The van der Waals surface area contributed by atoms with Crippen LogP contribution in [-0.2, 0) is 10.0 Å². The number of ether oxygens (including phenoxy) is 1. The number of methoxy groups -OCH3 is 1. The summed E-state index contributed by atoms with van der Waals surface area (Å²) in [6.07, 6.45) is 0. The van der Waals surface area contributed by atoms with Gasteiger partial charge >= 0.3 is 0 Å². The highest BCUT2D eigenvalue weighted by atomic mass is 32.2. The Balaban J connectivity index is 3.50. The van der Waals surface area contributed by atoms with Gasteiger partial charge in [-0.15, -0.1) is 0 Å². The van der Waals surface area contributed by atoms with Crippen molar-refractivity contribution >= 4 is 10.0 Å². The number of sulfonamides is 1. The molecule has 0 aliphatic heterocycles. The molecule has 0 saturated heterocycles. The minimum Gasteiger partial charge on any atom is -0.496 e. The maximum atomic E-state index is 12.7. The van der Waals surface area contributed by atoms with Gasteiger partial charge in [0.2, 0.25) is 10.0 Å². The molecule has 0 unspecified atom stereocenters. The van der Waals surface area contributed by atoms with E-state index in [1.54, 1.807) is 13.2 Å². The van der Waals surface area contributed by atoms with Gasteiger partial charge in [0.05, 0.1) is 12.0 Å². The monoisotopic (exact) mass is 299 g/mol. The van der Waals surface area contributed by atoms with Crippen molar-refractivity contribution in [1.82, 2.24) is 4.31 Å². The van der Waals surface area contributed by atoms with E-state index >= 15 is 0 Å². The van der Waals surface area contributed by atoms with Crippen LogP contribution in [0.25, 0.3) is 0 Å². The summed E-state index contributed by atoms with van der Waals surface area (Å²) in [5.74, 6) is 0.951. The second-order valence-electron chi connectivity index (χ2n) is 5.10. The lowest BCUT2D eigenvalue weighted by Gasteiger charge is -2.22. The zero-order chi connectivity index (χ0) is 15.5. The predicted molar refractivity (Wildman–Crippen MR) is 81.9 cm³/mol. The van der Waals surface area contributed by atoms with Gasteiger partial charge in [-0.25, -0.2) is 8.42 Å². The number of nitrogens with zero attached hydrogens (tertiary/aromatic N) is 1. The van der Waals surface area contributed by atoms with Crippen LogP contribution in [0.4, 0.5) is 0 Å². The Morgan fingerprint density at radius 2 is 1.75 bits per heavy atom. The van der Waals surface area contributed by atoms with Crippen molar-refractivity contribution in [3.8, 4) is 5.75 Å². The number of hydrogen-bond donors (Lipinski definition) is 0. The smallest absolute Gasteiger partial charge is 0.243 e. The lowest BCUT2D eigenvalue weighted by molar-refractivity contribution is 0.406. The van der Waals surface area contributed by atoms with Crippen molar-refractivity contribution in [3.63, 3.8) is 0 Å². The molecular weight excluding hydrogens is 274 g/mol. The Bertz CT molecular complexity index is 561. The number of benzene rings is 1. The van der Waals surface area contributed by atoms with Crippen LogP contribution in [0.3, 0.4) is 0 Å². The van der Waals surface area contributed by atoms with Crippen LogP contribution in [0, 0.1) is 6.92 Å². The highest BCUT2D eigenvalue weighted by molar-refractivity contribution is 7.89. The molecule has 20 heavy (non-hydrogen) atoms. The van der Waals surface area contributed by atoms with E-state index in [0.29, 0.717) is 18.0 Å². The molecule has 0 amide bonds. The minimum atomic E-state index is -3.44. The molecule has 1 aromatic rings. The molecule has 0 saturated carbocycles. The Morgan fingerprint density at radius 1 is 1.20 bits per heavy atom. The third-order valence-corrected chi connectivity index (χ3v) is 5.66. The summed E-state index contributed by atoms with van der Waals surface area (Å²) >= 11 is 0. The van der Waals surface area contributed by atoms with Crippen molar-refractivity contribution < 1.29 is 13.2 Å². The zero-order valence-electron chi connectivity index (χ0n) is 13.2. The molecule has 0 heterocycles. The fourth-order valence-corrected chi connectivity index (χ4v) is 3.99. The van der Waals surface area contributed by atoms with Crippen LogP contribution in [-0.4, -0.2) is 32.9 Å². The highest BCUT2D eigenvalue weighted by Crippen LogP contribution is 2.32. The van der Waals surface area contributed by atoms with Crippen LogP contribution in [0.2, 0.25) is 0 Å². The first-order valence-corrected chi connectivity index (χ1v) is 8.42. The molecule has 1 rings (SSSR count). The van der Waals surface area contributed by atoms with Crippen molar-refractivity contribution in [1.29, 1.82) is 0 Å². The molecule has 1 aromatic carbocycles. The number of rotatable bonds is 6. The zero-order valence-corrected chi connectivity index (χ0v) is 14.0. The van der Waals surface area contributed by atoms with E-state index in [1.807, 2.05) is 40.7 Å². The van der Waals surface area contributed by atoms with Gasteiger partial charge in [0.1, 0.15) is 5.75 Å². The van der Waals surface area contributed by atoms with Crippen molar-refractivity contribution in [3.05, 3.63) is 23.3 Å². The molecule has 0 fully saturated rings. The standard InChI is InChI=1S/C15H25NO3S/c1-7-16(8-2)20(17,18)15-10-13(11(3)4)14(19-6)9-12(15)5/h9-11H,7-8H2,1-6H3. The maximum absolute atomic E-state index is 12.7. The van der Waals surface area contributed by atoms with E-state index in [-0.39, 0.29) is 5.92 Å². The first kappa shape index (κ1) is 17.0. The van der Waals surface area contributed by atoms with Gasteiger partial charge in [0.25, 0.3) is 0 Å². The van der Waals surface area contributed by atoms with Crippen LogP contribution in [0.1, 0.15) is 44.7 Å². The number of aryl methyl sites for hydroxylation is 1. The Hall–Kier alpha value is -1.07. The molecule has 114 valence electrons. The quantitative estimate of drug-likeness (QED) is 0.810. The lowest BCUT2D eigenvalue weighted by atomic mass is 10.0. The number of hydrogen-bond acceptors (Lipinski definition) is 3. The Kier molecular flexibility index (Phi) is 5.59. The van der Waals surface area contributed by atoms with Crippen LogP contribution < -0.4 is 4.74 Å². The predicted octanol–water partition coefficient (Wildman–Crippen LogP) is 3.16. The molecule has 0 aromatic heterocycles. The van der Waals surface area contributed by atoms with Gasteiger partial charge in [0.15, 0.2) is 0 Å². The van der Waals surface area contributed by atoms with Crippen LogP contribution in [0.5, 0.6) is 5.75 Å². The fraction of sp³-hybridized carbons (Fsp3) is 0.600. The lowest BCUT2D eigenvalue weighted by Crippen LogP contribution is -2.31. The van der Waals surface area contributed by atoms with Crippen molar-refractivity contribution in [2.75, 3.05) is 20.2 Å². The molecule has 0 atom stereocenters. The summed E-state index contributed by atoms with van der Waals surface area (Å²) in [7, 11) is -1.82. The second-order valence-corrected chi connectivity index (χ2v) is 7.01. The minimum absolute atomic E-state index is 0.205. The van der Waals surface area contributed by atoms with Crippen molar-refractivity contribution in [2.45, 2.75) is 45.4 Å². The topological polar surface area (TPSA) is 46.6 Å². The normalized spacial score (nSPS) is 12.2. The molecule has 0 aliphatic rings. The Labute approximate surface area is 122 Å². The van der Waals surface area contributed by atoms with E-state index in [2.05, 4.69) is 0 Å². The molecule has 0 aliphatic carbocycles. The van der Waals surface area contributed by atoms with E-state index < -0.39 is 10.0 Å². The van der Waals surface area contributed by atoms with E-state index in [0.717, 1.165) is 16.9 Å². The SMILES string of the molecule is CCN(CC)S(=O)(=O)c1cc(C(C)C)c(OC)cc1C. The third kappa shape index (κ3) is 3.15. The van der Waals surface area contributed by atoms with Gasteiger partial charge in [-0.2, -0.15) is 4.31 Å². The average Bonchev–Trinajstić information content (AvgIpc) is 2.38. The molecule has 4 nitrogen and oxygen atoms in total. The summed E-state index contributed by atoms with van der Waals surface area (Å²) < 4.78 is 32.2. The Morgan fingerprint density at radius 3 is 2.15 bits per heavy atom. The summed E-state index contributed by atoms with van der Waals surface area (Å²) in [5.41, 5.74) is 1.64. The summed E-state index contributed by atoms with van der Waals surface area (Å²) in [5, 5.41) is 0. The first-order chi connectivity index (χ1) is 9.29. The van der Waals surface area contributed by atoms with Gasteiger partial charge in [-0.05, 0) is 36.1 Å². The van der Waals surface area contributed by atoms with Crippen molar-refractivity contribution in [2.24, 2.45) is 0 Å². The fourth-order valence-electron chi connectivity index (χ4n) is 2.29.